The first-order valence-corrected chi connectivity index (χ1v) is 17.2. The maximum absolute atomic E-state index is 14.1. The molecule has 0 N–H and O–H groups in total. The van der Waals surface area contributed by atoms with Gasteiger partial charge in [-0.15, -0.1) is 11.3 Å². The third-order valence-corrected chi connectivity index (χ3v) is 9.20. The molecule has 4 heterocycles. The monoisotopic (exact) mass is 697 g/mol. The summed E-state index contributed by atoms with van der Waals surface area (Å²) >= 11 is 1.34. The van der Waals surface area contributed by atoms with Crippen molar-refractivity contribution in [2.45, 2.75) is 25.8 Å². The molecule has 2 bridgehead atoms. The van der Waals surface area contributed by atoms with E-state index < -0.39 is 0 Å². The Bertz CT molecular complexity index is 1910. The van der Waals surface area contributed by atoms with E-state index in [2.05, 4.69) is 24.5 Å². The van der Waals surface area contributed by atoms with Crippen molar-refractivity contribution in [3.05, 3.63) is 83.9 Å². The number of hydrogen-bond donors (Lipinski definition) is 0. The van der Waals surface area contributed by atoms with Gasteiger partial charge in [0.1, 0.15) is 23.9 Å². The fourth-order valence-corrected chi connectivity index (χ4v) is 6.64. The SMILES string of the molecule is COc1ccc(C(=O)N2CCCCN(C(=O)c3csc(-c4ncccn4)n3)CCCn3ccnc3-c3cccc(c3)OCC2)c(OC)c1OC. The summed E-state index contributed by atoms with van der Waals surface area (Å²) in [5.41, 5.74) is 1.62. The maximum Gasteiger partial charge on any atom is 0.273 e. The Morgan fingerprint density at radius 1 is 0.780 bits per heavy atom. The molecule has 14 heteroatoms. The van der Waals surface area contributed by atoms with E-state index in [1.807, 2.05) is 35.4 Å². The van der Waals surface area contributed by atoms with Crippen LogP contribution in [0.25, 0.3) is 22.2 Å². The second-order valence-electron chi connectivity index (χ2n) is 11.5. The molecule has 0 spiro atoms. The number of methoxy groups -OCH3 is 3. The zero-order valence-electron chi connectivity index (χ0n) is 28.3. The van der Waals surface area contributed by atoms with Crippen LogP contribution < -0.4 is 18.9 Å². The lowest BCUT2D eigenvalue weighted by Gasteiger charge is -2.26. The molecule has 3 aromatic heterocycles. The van der Waals surface area contributed by atoms with Crippen molar-refractivity contribution in [3.63, 3.8) is 0 Å². The second kappa shape index (κ2) is 16.3. The van der Waals surface area contributed by atoms with Crippen molar-refractivity contribution >= 4 is 23.2 Å². The van der Waals surface area contributed by atoms with Crippen LogP contribution in [0.3, 0.4) is 0 Å². The van der Waals surface area contributed by atoms with E-state index in [4.69, 9.17) is 18.9 Å². The number of carbonyl (C=O) groups is 2. The minimum absolute atomic E-state index is 0.156. The number of imidazole rings is 1. The van der Waals surface area contributed by atoms with Gasteiger partial charge >= 0.3 is 0 Å². The lowest BCUT2D eigenvalue weighted by molar-refractivity contribution is 0.0700. The molecular weight excluding hydrogens is 659 g/mol. The van der Waals surface area contributed by atoms with E-state index in [1.165, 1.54) is 32.7 Å². The van der Waals surface area contributed by atoms with Crippen LogP contribution in [0, 0.1) is 0 Å². The van der Waals surface area contributed by atoms with Crippen LogP contribution in [0.15, 0.2) is 72.6 Å². The number of carbonyl (C=O) groups excluding carboxylic acids is 2. The lowest BCUT2D eigenvalue weighted by Crippen LogP contribution is -2.37. The normalized spacial score (nSPS) is 14.2. The molecule has 0 aliphatic carbocycles. The van der Waals surface area contributed by atoms with Gasteiger partial charge in [-0.3, -0.25) is 9.59 Å². The van der Waals surface area contributed by atoms with Crippen LogP contribution in [0.5, 0.6) is 23.0 Å². The molecule has 0 atom stereocenters. The molecule has 260 valence electrons. The molecule has 5 aromatic rings. The van der Waals surface area contributed by atoms with Crippen LogP contribution in [0.4, 0.5) is 0 Å². The third kappa shape index (κ3) is 7.70. The van der Waals surface area contributed by atoms with Crippen molar-refractivity contribution < 1.29 is 28.5 Å². The summed E-state index contributed by atoms with van der Waals surface area (Å²) in [6, 6.07) is 12.9. The molecule has 0 saturated carbocycles. The number of rotatable bonds is 6. The zero-order chi connectivity index (χ0) is 34.9. The Balaban J connectivity index is 1.27. The molecule has 13 nitrogen and oxygen atoms in total. The van der Waals surface area contributed by atoms with Crippen LogP contribution in [-0.4, -0.2) is 100 Å². The summed E-state index contributed by atoms with van der Waals surface area (Å²) in [5.74, 6) is 2.68. The van der Waals surface area contributed by atoms with Crippen LogP contribution in [-0.2, 0) is 6.54 Å². The highest BCUT2D eigenvalue weighted by atomic mass is 32.1. The highest BCUT2D eigenvalue weighted by molar-refractivity contribution is 7.13. The highest BCUT2D eigenvalue weighted by Crippen LogP contribution is 2.40. The standard InChI is InChI=1S/C36H39N7O6S/c1-46-29-12-11-27(30(47-2)31(29)48-3)35(44)43-17-5-4-16-42(36(45)28-24-50-34(40-28)32-37-13-7-14-38-32)19-8-18-41-20-15-39-33(41)25-9-6-10-26(23-25)49-22-21-43/h6-7,9-15,20,23-24H,4-5,8,16-19,21-22H2,1-3H3. The van der Waals surface area contributed by atoms with Gasteiger partial charge in [-0.05, 0) is 49.6 Å². The average molecular weight is 698 g/mol. The third-order valence-electron chi connectivity index (χ3n) is 8.36. The first-order valence-electron chi connectivity index (χ1n) is 16.4. The van der Waals surface area contributed by atoms with E-state index in [9.17, 15) is 9.59 Å². The molecule has 50 heavy (non-hydrogen) atoms. The fourth-order valence-electron chi connectivity index (χ4n) is 5.90. The fraction of sp³-hybridized carbons (Fsp3) is 0.333. The summed E-state index contributed by atoms with van der Waals surface area (Å²) in [4.78, 5) is 49.3. The zero-order valence-corrected chi connectivity index (χ0v) is 29.1. The molecule has 0 radical (unpaired) electrons. The number of aryl methyl sites for hydroxylation is 1. The van der Waals surface area contributed by atoms with Gasteiger partial charge < -0.3 is 33.3 Å². The Labute approximate surface area is 294 Å². The molecule has 1 aliphatic rings. The van der Waals surface area contributed by atoms with Crippen LogP contribution in [0.1, 0.15) is 40.1 Å². The number of ether oxygens (including phenoxy) is 4. The van der Waals surface area contributed by atoms with Gasteiger partial charge in [-0.2, -0.15) is 0 Å². The number of benzene rings is 2. The van der Waals surface area contributed by atoms with E-state index in [-0.39, 0.29) is 18.4 Å². The minimum atomic E-state index is -0.230. The van der Waals surface area contributed by atoms with Gasteiger partial charge in [-0.25, -0.2) is 19.9 Å². The van der Waals surface area contributed by atoms with Gasteiger partial charge in [0.2, 0.25) is 5.75 Å². The summed E-state index contributed by atoms with van der Waals surface area (Å²) < 4.78 is 24.9. The van der Waals surface area contributed by atoms with E-state index in [0.29, 0.717) is 97.1 Å². The predicted octanol–water partition coefficient (Wildman–Crippen LogP) is 5.34. The lowest BCUT2D eigenvalue weighted by atomic mass is 10.1. The summed E-state index contributed by atoms with van der Waals surface area (Å²) in [6.45, 7) is 2.69. The first-order chi connectivity index (χ1) is 24.5. The Morgan fingerprint density at radius 3 is 2.30 bits per heavy atom. The molecule has 2 aromatic carbocycles. The van der Waals surface area contributed by atoms with Crippen molar-refractivity contribution in [1.82, 2.24) is 34.3 Å². The number of nitrogens with zero attached hydrogens (tertiary/aromatic N) is 7. The summed E-state index contributed by atoms with van der Waals surface area (Å²) in [5, 5.41) is 2.35. The van der Waals surface area contributed by atoms with E-state index in [1.54, 1.807) is 47.1 Å². The predicted molar refractivity (Wildman–Crippen MR) is 188 cm³/mol. The molecule has 2 amide bonds. The molecule has 0 fully saturated rings. The Kier molecular flexibility index (Phi) is 11.2. The van der Waals surface area contributed by atoms with Crippen molar-refractivity contribution in [3.8, 4) is 45.2 Å². The average Bonchev–Trinajstić information content (AvgIpc) is 3.85. The van der Waals surface area contributed by atoms with Crippen LogP contribution in [0.2, 0.25) is 0 Å². The van der Waals surface area contributed by atoms with Gasteiger partial charge in [0.05, 0.1) is 33.4 Å². The quantitative estimate of drug-likeness (QED) is 0.229. The summed E-state index contributed by atoms with van der Waals surface area (Å²) in [7, 11) is 4.54. The van der Waals surface area contributed by atoms with Crippen molar-refractivity contribution in [2.24, 2.45) is 0 Å². The second-order valence-corrected chi connectivity index (χ2v) is 12.3. The van der Waals surface area contributed by atoms with Gasteiger partial charge in [0, 0.05) is 61.9 Å². The number of fused-ring (bicyclic) bond motifs is 4. The van der Waals surface area contributed by atoms with Gasteiger partial charge in [0.15, 0.2) is 22.3 Å². The van der Waals surface area contributed by atoms with Gasteiger partial charge in [0.25, 0.3) is 11.8 Å². The molecular formula is C36H39N7O6S. The topological polar surface area (TPSA) is 134 Å². The highest BCUT2D eigenvalue weighted by Gasteiger charge is 2.26. The number of hydrogen-bond acceptors (Lipinski definition) is 11. The first kappa shape index (κ1) is 34.4. The molecule has 6 rings (SSSR count). The smallest absolute Gasteiger partial charge is 0.273 e. The number of aromatic nitrogens is 5. The Hall–Kier alpha value is -5.50. The summed E-state index contributed by atoms with van der Waals surface area (Å²) in [6.07, 6.45) is 9.04. The molecule has 1 aliphatic heterocycles. The van der Waals surface area contributed by atoms with E-state index in [0.717, 1.165) is 11.4 Å². The Morgan fingerprint density at radius 2 is 1.54 bits per heavy atom. The van der Waals surface area contributed by atoms with E-state index >= 15 is 0 Å². The number of amides is 2. The van der Waals surface area contributed by atoms with Crippen molar-refractivity contribution in [1.29, 1.82) is 0 Å². The largest absolute Gasteiger partial charge is 0.493 e. The van der Waals surface area contributed by atoms with Crippen molar-refractivity contribution in [2.75, 3.05) is 54.1 Å². The molecule has 0 saturated heterocycles. The maximum atomic E-state index is 14.1. The number of thiazole rings is 1. The van der Waals surface area contributed by atoms with Crippen LogP contribution >= 0.6 is 11.3 Å². The molecule has 0 unspecified atom stereocenters. The van der Waals surface area contributed by atoms with Gasteiger partial charge in [-0.1, -0.05) is 12.1 Å². The minimum Gasteiger partial charge on any atom is -0.493 e.